The number of methoxy groups -OCH3 is 1. The van der Waals surface area contributed by atoms with Crippen LogP contribution in [0.3, 0.4) is 0 Å². The van der Waals surface area contributed by atoms with Crippen molar-refractivity contribution in [2.24, 2.45) is 5.73 Å². The summed E-state index contributed by atoms with van der Waals surface area (Å²) in [7, 11) is 1.37. The molecule has 18 heavy (non-hydrogen) atoms. The molecule has 0 saturated heterocycles. The van der Waals surface area contributed by atoms with Crippen LogP contribution in [0, 0.1) is 5.82 Å². The van der Waals surface area contributed by atoms with Gasteiger partial charge in [-0.1, -0.05) is 30.9 Å². The van der Waals surface area contributed by atoms with Crippen LogP contribution in [0.25, 0.3) is 0 Å². The van der Waals surface area contributed by atoms with E-state index in [1.165, 1.54) is 7.11 Å². The molecule has 2 rings (SSSR count). The van der Waals surface area contributed by atoms with Gasteiger partial charge in [0.05, 0.1) is 12.1 Å². The highest BCUT2D eigenvalue weighted by Crippen LogP contribution is 2.47. The molecule has 0 radical (unpaired) electrons. The highest BCUT2D eigenvalue weighted by Gasteiger charge is 2.36. The Morgan fingerprint density at radius 2 is 2.00 bits per heavy atom. The molecule has 0 aliphatic heterocycles. The topological polar surface area (TPSA) is 55.5 Å². The maximum atomic E-state index is 13.8. The highest BCUT2D eigenvalue weighted by molar-refractivity contribution is 6.32. The number of hydrogen-bond acceptors (Lipinski definition) is 3. The van der Waals surface area contributed by atoms with E-state index in [1.807, 2.05) is 0 Å². The number of nitrogens with two attached hydrogens (primary N) is 1. The summed E-state index contributed by atoms with van der Waals surface area (Å²) >= 11 is 5.98. The van der Waals surface area contributed by atoms with Crippen molar-refractivity contribution in [3.05, 3.63) is 22.5 Å². The fraction of sp³-hybridized carbons (Fsp3) is 0.538. The van der Waals surface area contributed by atoms with E-state index in [4.69, 9.17) is 22.1 Å². The Bertz CT molecular complexity index is 459. The molecule has 0 spiro atoms. The van der Waals surface area contributed by atoms with Gasteiger partial charge in [0.25, 0.3) is 0 Å². The average Bonchev–Trinajstić information content (AvgIpc) is 2.34. The molecule has 0 atom stereocenters. The zero-order valence-corrected chi connectivity index (χ0v) is 11.1. The van der Waals surface area contributed by atoms with E-state index >= 15 is 0 Å². The fourth-order valence-corrected chi connectivity index (χ4v) is 2.97. The zero-order valence-electron chi connectivity index (χ0n) is 10.3. The number of rotatable bonds is 2. The van der Waals surface area contributed by atoms with Gasteiger partial charge in [0.1, 0.15) is 5.82 Å². The van der Waals surface area contributed by atoms with Crippen LogP contribution in [-0.4, -0.2) is 12.2 Å². The maximum Gasteiger partial charge on any atom is 0.164 e. The molecule has 1 aromatic rings. The first-order valence-electron chi connectivity index (χ1n) is 6.04. The Morgan fingerprint density at radius 1 is 1.39 bits per heavy atom. The summed E-state index contributed by atoms with van der Waals surface area (Å²) in [5.74, 6) is -0.688. The molecule has 0 aromatic heterocycles. The van der Waals surface area contributed by atoms with Crippen molar-refractivity contribution in [1.29, 1.82) is 0 Å². The number of phenolic OH excluding ortho intramolecular Hbond substituents is 1. The average molecular weight is 274 g/mol. The van der Waals surface area contributed by atoms with Gasteiger partial charge in [0, 0.05) is 17.2 Å². The van der Waals surface area contributed by atoms with Crippen molar-refractivity contribution in [1.82, 2.24) is 0 Å². The Hall–Kier alpha value is -1.00. The minimum Gasteiger partial charge on any atom is -0.504 e. The lowest BCUT2D eigenvalue weighted by atomic mass is 9.77. The lowest BCUT2D eigenvalue weighted by Crippen LogP contribution is -2.39. The first-order valence-corrected chi connectivity index (χ1v) is 6.42. The van der Waals surface area contributed by atoms with E-state index in [0.29, 0.717) is 12.8 Å². The number of benzene rings is 1. The number of halogens is 2. The summed E-state index contributed by atoms with van der Waals surface area (Å²) in [6.45, 7) is 0. The molecular formula is C13H17ClFNO2. The molecule has 1 aliphatic carbocycles. The van der Waals surface area contributed by atoms with Crippen molar-refractivity contribution in [3.8, 4) is 11.5 Å². The van der Waals surface area contributed by atoms with Crippen molar-refractivity contribution < 1.29 is 14.2 Å². The summed E-state index contributed by atoms with van der Waals surface area (Å²) < 4.78 is 18.7. The van der Waals surface area contributed by atoms with Gasteiger partial charge in [-0.15, -0.1) is 0 Å². The molecule has 0 heterocycles. The van der Waals surface area contributed by atoms with Crippen molar-refractivity contribution in [2.45, 2.75) is 37.6 Å². The van der Waals surface area contributed by atoms with Crippen LogP contribution in [-0.2, 0) is 5.54 Å². The van der Waals surface area contributed by atoms with Crippen LogP contribution in [0.4, 0.5) is 4.39 Å². The van der Waals surface area contributed by atoms with Gasteiger partial charge < -0.3 is 15.6 Å². The highest BCUT2D eigenvalue weighted by atomic mass is 35.5. The molecule has 1 aromatic carbocycles. The molecule has 0 unspecified atom stereocenters. The van der Waals surface area contributed by atoms with E-state index in [0.717, 1.165) is 25.3 Å². The number of aromatic hydroxyl groups is 1. The standard InChI is InChI=1S/C13H17ClFNO2/c1-18-9-7-8(15)11(14)10(12(9)17)13(16)5-3-2-4-6-13/h7,17H,2-6,16H2,1H3. The van der Waals surface area contributed by atoms with Gasteiger partial charge in [0.2, 0.25) is 0 Å². The number of hydrogen-bond donors (Lipinski definition) is 2. The number of phenols is 1. The Kier molecular flexibility index (Phi) is 3.69. The van der Waals surface area contributed by atoms with Crippen molar-refractivity contribution in [3.63, 3.8) is 0 Å². The zero-order chi connectivity index (χ0) is 13.3. The fourth-order valence-electron chi connectivity index (χ4n) is 2.64. The van der Waals surface area contributed by atoms with E-state index in [1.54, 1.807) is 0 Å². The molecule has 100 valence electrons. The van der Waals surface area contributed by atoms with Crippen LogP contribution in [0.15, 0.2) is 6.07 Å². The third-order valence-electron chi connectivity index (χ3n) is 3.62. The SMILES string of the molecule is COc1cc(F)c(Cl)c(C2(N)CCCCC2)c1O. The Labute approximate surface area is 111 Å². The third-order valence-corrected chi connectivity index (χ3v) is 3.99. The molecule has 3 N–H and O–H groups in total. The van der Waals surface area contributed by atoms with Gasteiger partial charge in [0.15, 0.2) is 11.5 Å². The first-order chi connectivity index (χ1) is 8.49. The third kappa shape index (κ3) is 2.15. The van der Waals surface area contributed by atoms with Gasteiger partial charge in [-0.2, -0.15) is 0 Å². The van der Waals surface area contributed by atoms with Crippen LogP contribution >= 0.6 is 11.6 Å². The van der Waals surface area contributed by atoms with E-state index in [2.05, 4.69) is 0 Å². The Morgan fingerprint density at radius 3 is 2.56 bits per heavy atom. The van der Waals surface area contributed by atoms with E-state index < -0.39 is 11.4 Å². The minimum absolute atomic E-state index is 0.0716. The normalized spacial score (nSPS) is 18.7. The van der Waals surface area contributed by atoms with Gasteiger partial charge in [-0.3, -0.25) is 0 Å². The summed E-state index contributed by atoms with van der Waals surface area (Å²) in [6, 6.07) is 1.08. The summed E-state index contributed by atoms with van der Waals surface area (Å²) in [5.41, 5.74) is 5.82. The monoisotopic (exact) mass is 273 g/mol. The molecule has 0 bridgehead atoms. The van der Waals surface area contributed by atoms with E-state index in [-0.39, 0.29) is 22.1 Å². The molecule has 1 saturated carbocycles. The lowest BCUT2D eigenvalue weighted by Gasteiger charge is -2.35. The van der Waals surface area contributed by atoms with Gasteiger partial charge in [-0.25, -0.2) is 4.39 Å². The molecule has 5 heteroatoms. The maximum absolute atomic E-state index is 13.8. The van der Waals surface area contributed by atoms with Crippen LogP contribution in [0.2, 0.25) is 5.02 Å². The predicted octanol–water partition coefficient (Wildman–Crippen LogP) is 3.31. The second kappa shape index (κ2) is 4.94. The van der Waals surface area contributed by atoms with Crippen molar-refractivity contribution >= 4 is 11.6 Å². The molecular weight excluding hydrogens is 257 g/mol. The summed E-state index contributed by atoms with van der Waals surface area (Å²) in [6.07, 6.45) is 4.37. The largest absolute Gasteiger partial charge is 0.504 e. The molecule has 1 fully saturated rings. The summed E-state index contributed by atoms with van der Waals surface area (Å²) in [5, 5.41) is 10.1. The minimum atomic E-state index is -0.769. The van der Waals surface area contributed by atoms with Gasteiger partial charge >= 0.3 is 0 Å². The number of ether oxygens (including phenoxy) is 1. The second-order valence-corrected chi connectivity index (χ2v) is 5.19. The molecule has 0 amide bonds. The molecule has 1 aliphatic rings. The van der Waals surface area contributed by atoms with Crippen molar-refractivity contribution in [2.75, 3.05) is 7.11 Å². The van der Waals surface area contributed by atoms with Crippen LogP contribution < -0.4 is 10.5 Å². The molecule has 3 nitrogen and oxygen atoms in total. The second-order valence-electron chi connectivity index (χ2n) is 4.82. The lowest BCUT2D eigenvalue weighted by molar-refractivity contribution is 0.285. The Balaban J connectivity index is 2.58. The van der Waals surface area contributed by atoms with E-state index in [9.17, 15) is 9.50 Å². The smallest absolute Gasteiger partial charge is 0.164 e. The van der Waals surface area contributed by atoms with Gasteiger partial charge in [-0.05, 0) is 12.8 Å². The van der Waals surface area contributed by atoms with Crippen LogP contribution in [0.1, 0.15) is 37.7 Å². The van der Waals surface area contributed by atoms with Crippen LogP contribution in [0.5, 0.6) is 11.5 Å². The quantitative estimate of drug-likeness (QED) is 0.869. The first kappa shape index (κ1) is 13.4. The predicted molar refractivity (Wildman–Crippen MR) is 68.6 cm³/mol. The summed E-state index contributed by atoms with van der Waals surface area (Å²) in [4.78, 5) is 0.